The molecule has 18 heavy (non-hydrogen) atoms. The van der Waals surface area contributed by atoms with Crippen molar-refractivity contribution < 1.29 is 8.78 Å². The summed E-state index contributed by atoms with van der Waals surface area (Å²) >= 11 is 0. The SMILES string of the molecule is CC(C)C(C)(C)CNCC(F)(F)c1ccccc1. The van der Waals surface area contributed by atoms with Crippen LogP contribution in [0.3, 0.4) is 0 Å². The van der Waals surface area contributed by atoms with Crippen molar-refractivity contribution in [1.82, 2.24) is 5.32 Å². The lowest BCUT2D eigenvalue weighted by Gasteiger charge is -2.30. The molecule has 0 bridgehead atoms. The van der Waals surface area contributed by atoms with Crippen LogP contribution in [-0.4, -0.2) is 13.1 Å². The van der Waals surface area contributed by atoms with Gasteiger partial charge in [-0.15, -0.1) is 0 Å². The molecular formula is C15H23F2N. The molecule has 1 nitrogen and oxygen atoms in total. The van der Waals surface area contributed by atoms with Gasteiger partial charge in [0.05, 0.1) is 6.54 Å². The van der Waals surface area contributed by atoms with Crippen molar-refractivity contribution in [2.75, 3.05) is 13.1 Å². The third-order valence-corrected chi connectivity index (χ3v) is 3.69. The first kappa shape index (κ1) is 15.1. The molecule has 0 aliphatic heterocycles. The molecule has 1 N–H and O–H groups in total. The first-order valence-corrected chi connectivity index (χ1v) is 6.40. The summed E-state index contributed by atoms with van der Waals surface area (Å²) < 4.78 is 27.7. The molecule has 1 aromatic carbocycles. The van der Waals surface area contributed by atoms with E-state index in [-0.39, 0.29) is 17.5 Å². The summed E-state index contributed by atoms with van der Waals surface area (Å²) in [6.07, 6.45) is 0. The van der Waals surface area contributed by atoms with E-state index in [0.29, 0.717) is 12.5 Å². The molecule has 0 aliphatic carbocycles. The topological polar surface area (TPSA) is 12.0 Å². The fourth-order valence-electron chi connectivity index (χ4n) is 1.53. The van der Waals surface area contributed by atoms with E-state index in [0.717, 1.165) is 0 Å². The van der Waals surface area contributed by atoms with Gasteiger partial charge in [-0.2, -0.15) is 8.78 Å². The number of alkyl halides is 2. The summed E-state index contributed by atoms with van der Waals surface area (Å²) in [5, 5.41) is 2.90. The smallest absolute Gasteiger partial charge is 0.285 e. The Balaban J connectivity index is 2.53. The van der Waals surface area contributed by atoms with Gasteiger partial charge in [0.1, 0.15) is 0 Å². The minimum Gasteiger partial charge on any atom is -0.310 e. The molecule has 0 heterocycles. The maximum absolute atomic E-state index is 13.9. The molecular weight excluding hydrogens is 232 g/mol. The van der Waals surface area contributed by atoms with Crippen LogP contribution in [-0.2, 0) is 5.92 Å². The van der Waals surface area contributed by atoms with Crippen LogP contribution in [0.25, 0.3) is 0 Å². The maximum atomic E-state index is 13.9. The maximum Gasteiger partial charge on any atom is 0.285 e. The molecule has 0 amide bonds. The Morgan fingerprint density at radius 1 is 1.06 bits per heavy atom. The van der Waals surface area contributed by atoms with E-state index in [1.807, 2.05) is 0 Å². The highest BCUT2D eigenvalue weighted by Crippen LogP contribution is 2.28. The number of hydrogen-bond acceptors (Lipinski definition) is 1. The van der Waals surface area contributed by atoms with E-state index >= 15 is 0 Å². The molecule has 1 aromatic rings. The van der Waals surface area contributed by atoms with Crippen LogP contribution in [0.1, 0.15) is 33.3 Å². The number of benzene rings is 1. The van der Waals surface area contributed by atoms with E-state index in [1.165, 1.54) is 12.1 Å². The van der Waals surface area contributed by atoms with Gasteiger partial charge in [-0.05, 0) is 11.3 Å². The zero-order chi connectivity index (χ0) is 13.8. The van der Waals surface area contributed by atoms with Gasteiger partial charge in [-0.1, -0.05) is 58.0 Å². The lowest BCUT2D eigenvalue weighted by Crippen LogP contribution is -2.39. The molecule has 0 fully saturated rings. The fraction of sp³-hybridized carbons (Fsp3) is 0.600. The van der Waals surface area contributed by atoms with Crippen molar-refractivity contribution in [2.24, 2.45) is 11.3 Å². The van der Waals surface area contributed by atoms with Crippen molar-refractivity contribution in [3.8, 4) is 0 Å². The fourth-order valence-corrected chi connectivity index (χ4v) is 1.53. The van der Waals surface area contributed by atoms with Gasteiger partial charge in [-0.25, -0.2) is 0 Å². The Hall–Kier alpha value is -0.960. The molecule has 0 spiro atoms. The zero-order valence-electron chi connectivity index (χ0n) is 11.6. The monoisotopic (exact) mass is 255 g/mol. The molecule has 0 unspecified atom stereocenters. The second-order valence-corrected chi connectivity index (χ2v) is 5.82. The van der Waals surface area contributed by atoms with Crippen LogP contribution < -0.4 is 5.32 Å². The van der Waals surface area contributed by atoms with E-state index < -0.39 is 5.92 Å². The van der Waals surface area contributed by atoms with Crippen LogP contribution >= 0.6 is 0 Å². The summed E-state index contributed by atoms with van der Waals surface area (Å²) in [5.74, 6) is -2.36. The predicted molar refractivity (Wildman–Crippen MR) is 71.8 cm³/mol. The molecule has 0 aromatic heterocycles. The summed E-state index contributed by atoms with van der Waals surface area (Å²) in [6.45, 7) is 8.67. The number of nitrogens with one attached hydrogen (secondary N) is 1. The number of rotatable bonds is 6. The molecule has 102 valence electrons. The van der Waals surface area contributed by atoms with Crippen molar-refractivity contribution in [2.45, 2.75) is 33.6 Å². The Labute approximate surface area is 109 Å². The Kier molecular flexibility index (Phi) is 4.85. The van der Waals surface area contributed by atoms with Gasteiger partial charge in [0, 0.05) is 12.1 Å². The van der Waals surface area contributed by atoms with E-state index in [1.54, 1.807) is 18.2 Å². The molecule has 0 aliphatic rings. The average molecular weight is 255 g/mol. The summed E-state index contributed by atoms with van der Waals surface area (Å²) in [7, 11) is 0. The molecule has 0 atom stereocenters. The summed E-state index contributed by atoms with van der Waals surface area (Å²) in [5.41, 5.74) is 0.0899. The van der Waals surface area contributed by atoms with Gasteiger partial charge < -0.3 is 5.32 Å². The molecule has 3 heteroatoms. The second kappa shape index (κ2) is 5.79. The van der Waals surface area contributed by atoms with Crippen LogP contribution in [0.2, 0.25) is 0 Å². The van der Waals surface area contributed by atoms with E-state index in [4.69, 9.17) is 0 Å². The third-order valence-electron chi connectivity index (χ3n) is 3.69. The van der Waals surface area contributed by atoms with Crippen molar-refractivity contribution in [3.05, 3.63) is 35.9 Å². The first-order valence-electron chi connectivity index (χ1n) is 6.40. The standard InChI is InChI=1S/C15H23F2N/c1-12(2)14(3,4)10-18-11-15(16,17)13-8-6-5-7-9-13/h5-9,12,18H,10-11H2,1-4H3. The van der Waals surface area contributed by atoms with Crippen molar-refractivity contribution in [3.63, 3.8) is 0 Å². The zero-order valence-corrected chi connectivity index (χ0v) is 11.6. The molecule has 0 saturated heterocycles. The highest BCUT2D eigenvalue weighted by atomic mass is 19.3. The summed E-state index contributed by atoms with van der Waals surface area (Å²) in [4.78, 5) is 0. The minimum atomic E-state index is -2.81. The highest BCUT2D eigenvalue weighted by molar-refractivity contribution is 5.20. The number of hydrogen-bond donors (Lipinski definition) is 1. The van der Waals surface area contributed by atoms with Crippen LogP contribution in [0.5, 0.6) is 0 Å². The van der Waals surface area contributed by atoms with Crippen molar-refractivity contribution >= 4 is 0 Å². The van der Waals surface area contributed by atoms with Crippen LogP contribution in [0.15, 0.2) is 30.3 Å². The second-order valence-electron chi connectivity index (χ2n) is 5.82. The summed E-state index contributed by atoms with van der Waals surface area (Å²) in [6, 6.07) is 7.96. The van der Waals surface area contributed by atoms with E-state index in [2.05, 4.69) is 33.0 Å². The number of halogens is 2. The minimum absolute atomic E-state index is 0.0206. The van der Waals surface area contributed by atoms with Gasteiger partial charge >= 0.3 is 0 Å². The van der Waals surface area contributed by atoms with Crippen molar-refractivity contribution in [1.29, 1.82) is 0 Å². The predicted octanol–water partition coefficient (Wildman–Crippen LogP) is 4.05. The third kappa shape index (κ3) is 4.05. The van der Waals surface area contributed by atoms with Gasteiger partial charge in [-0.3, -0.25) is 0 Å². The normalized spacial score (nSPS) is 13.1. The molecule has 0 saturated carbocycles. The largest absolute Gasteiger partial charge is 0.310 e. The first-order chi connectivity index (χ1) is 8.26. The Morgan fingerprint density at radius 2 is 1.61 bits per heavy atom. The molecule has 0 radical (unpaired) electrons. The Morgan fingerprint density at radius 3 is 2.11 bits per heavy atom. The van der Waals surface area contributed by atoms with Gasteiger partial charge in [0.25, 0.3) is 5.92 Å². The highest BCUT2D eigenvalue weighted by Gasteiger charge is 2.32. The lowest BCUT2D eigenvalue weighted by atomic mass is 9.81. The lowest BCUT2D eigenvalue weighted by molar-refractivity contribution is -0.00585. The quantitative estimate of drug-likeness (QED) is 0.808. The van der Waals surface area contributed by atoms with E-state index in [9.17, 15) is 8.78 Å². The molecule has 1 rings (SSSR count). The van der Waals surface area contributed by atoms with Crippen LogP contribution in [0, 0.1) is 11.3 Å². The van der Waals surface area contributed by atoms with Gasteiger partial charge in [0.15, 0.2) is 0 Å². The average Bonchev–Trinajstić information content (AvgIpc) is 2.29. The van der Waals surface area contributed by atoms with Crippen LogP contribution in [0.4, 0.5) is 8.78 Å². The Bertz CT molecular complexity index is 358. The van der Waals surface area contributed by atoms with Gasteiger partial charge in [0.2, 0.25) is 0 Å².